The molecule has 1 N–H and O–H groups in total. The summed E-state index contributed by atoms with van der Waals surface area (Å²) in [5.41, 5.74) is 0.653. The number of halogens is 1. The molecule has 3 rings (SSSR count). The van der Waals surface area contributed by atoms with Gasteiger partial charge >= 0.3 is 0 Å². The summed E-state index contributed by atoms with van der Waals surface area (Å²) >= 11 is 8.63. The Balaban J connectivity index is 1.62. The molecule has 2 aromatic heterocycles. The lowest BCUT2D eigenvalue weighted by molar-refractivity contribution is -0.115. The lowest BCUT2D eigenvalue weighted by Gasteiger charge is -2.09. The molecule has 5 nitrogen and oxygen atoms in total. The van der Waals surface area contributed by atoms with Crippen molar-refractivity contribution in [2.45, 2.75) is 17.4 Å². The molecule has 23 heavy (non-hydrogen) atoms. The number of anilines is 1. The maximum atomic E-state index is 12.2. The zero-order valence-electron chi connectivity index (χ0n) is 12.0. The largest absolute Gasteiger partial charge is 0.410 e. The van der Waals surface area contributed by atoms with Crippen molar-refractivity contribution in [2.24, 2.45) is 0 Å². The Morgan fingerprint density at radius 1 is 1.35 bits per heavy atom. The van der Waals surface area contributed by atoms with Crippen LogP contribution in [0.25, 0.3) is 10.8 Å². The highest BCUT2D eigenvalue weighted by molar-refractivity contribution is 8.00. The fraction of sp³-hybridized carbons (Fsp3) is 0.133. The first-order valence-corrected chi connectivity index (χ1v) is 8.86. The van der Waals surface area contributed by atoms with Crippen LogP contribution >= 0.6 is 34.7 Å². The summed E-state index contributed by atoms with van der Waals surface area (Å²) in [5.74, 6) is 0.304. The van der Waals surface area contributed by atoms with Gasteiger partial charge in [0.05, 0.1) is 10.1 Å². The zero-order valence-corrected chi connectivity index (χ0v) is 14.4. The summed E-state index contributed by atoms with van der Waals surface area (Å²) in [6.45, 7) is 1.78. The van der Waals surface area contributed by atoms with Gasteiger partial charge in [-0.05, 0) is 36.6 Å². The van der Waals surface area contributed by atoms with Gasteiger partial charge in [0.25, 0.3) is 11.1 Å². The van der Waals surface area contributed by atoms with Crippen molar-refractivity contribution in [1.82, 2.24) is 10.2 Å². The van der Waals surface area contributed by atoms with E-state index in [0.717, 1.165) is 4.88 Å². The normalized spacial score (nSPS) is 12.1. The predicted octanol–water partition coefficient (Wildman–Crippen LogP) is 4.57. The van der Waals surface area contributed by atoms with Crippen molar-refractivity contribution in [2.75, 3.05) is 5.32 Å². The summed E-state index contributed by atoms with van der Waals surface area (Å²) in [5, 5.41) is 13.3. The van der Waals surface area contributed by atoms with E-state index in [9.17, 15) is 4.79 Å². The molecule has 0 spiro atoms. The van der Waals surface area contributed by atoms with Crippen LogP contribution in [0.3, 0.4) is 0 Å². The minimum absolute atomic E-state index is 0.159. The van der Waals surface area contributed by atoms with Crippen LogP contribution in [-0.4, -0.2) is 21.4 Å². The SMILES string of the molecule is C[C@@H](Sc1nnc(-c2cccs2)o1)C(=O)Nc1cccc(Cl)c1. The van der Waals surface area contributed by atoms with Crippen LogP contribution in [0, 0.1) is 0 Å². The first-order valence-electron chi connectivity index (χ1n) is 6.72. The van der Waals surface area contributed by atoms with E-state index in [0.29, 0.717) is 21.8 Å². The lowest BCUT2D eigenvalue weighted by Crippen LogP contribution is -2.22. The maximum absolute atomic E-state index is 12.2. The summed E-state index contributed by atoms with van der Waals surface area (Å²) in [6.07, 6.45) is 0. The molecule has 2 heterocycles. The molecule has 0 aliphatic carbocycles. The molecule has 1 aromatic carbocycles. The predicted molar refractivity (Wildman–Crippen MR) is 93.0 cm³/mol. The van der Waals surface area contributed by atoms with Gasteiger partial charge in [-0.1, -0.05) is 35.5 Å². The molecule has 0 radical (unpaired) electrons. The fourth-order valence-electron chi connectivity index (χ4n) is 1.77. The third-order valence-corrected chi connectivity index (χ3v) is 4.90. The van der Waals surface area contributed by atoms with Gasteiger partial charge < -0.3 is 9.73 Å². The summed E-state index contributed by atoms with van der Waals surface area (Å²) in [6, 6.07) is 10.8. The number of carbonyl (C=O) groups is 1. The van der Waals surface area contributed by atoms with Crippen molar-refractivity contribution in [3.8, 4) is 10.8 Å². The van der Waals surface area contributed by atoms with Gasteiger partial charge in [0, 0.05) is 10.7 Å². The van der Waals surface area contributed by atoms with E-state index < -0.39 is 0 Å². The van der Waals surface area contributed by atoms with E-state index in [1.165, 1.54) is 23.1 Å². The van der Waals surface area contributed by atoms with Gasteiger partial charge in [-0.25, -0.2) is 0 Å². The number of nitrogens with zero attached hydrogens (tertiary/aromatic N) is 2. The maximum Gasteiger partial charge on any atom is 0.277 e. The van der Waals surface area contributed by atoms with Gasteiger partial charge in [0.2, 0.25) is 5.91 Å². The smallest absolute Gasteiger partial charge is 0.277 e. The van der Waals surface area contributed by atoms with Crippen molar-refractivity contribution in [3.63, 3.8) is 0 Å². The number of aromatic nitrogens is 2. The van der Waals surface area contributed by atoms with Gasteiger partial charge in [0.15, 0.2) is 0 Å². The molecule has 3 aromatic rings. The highest BCUT2D eigenvalue weighted by Crippen LogP contribution is 2.29. The molecule has 1 amide bonds. The molecule has 0 saturated carbocycles. The molecule has 118 valence electrons. The van der Waals surface area contributed by atoms with Crippen LogP contribution in [0.4, 0.5) is 5.69 Å². The summed E-state index contributed by atoms with van der Waals surface area (Å²) < 4.78 is 5.57. The van der Waals surface area contributed by atoms with Crippen molar-refractivity contribution in [3.05, 3.63) is 46.8 Å². The van der Waals surface area contributed by atoms with Crippen LogP contribution in [0.15, 0.2) is 51.4 Å². The Kier molecular flexibility index (Phi) is 5.00. The van der Waals surface area contributed by atoms with Crippen molar-refractivity contribution in [1.29, 1.82) is 0 Å². The lowest BCUT2D eigenvalue weighted by atomic mass is 10.3. The average Bonchev–Trinajstić information content (AvgIpc) is 3.17. The van der Waals surface area contributed by atoms with E-state index in [1.54, 1.807) is 31.2 Å². The Morgan fingerprint density at radius 3 is 2.96 bits per heavy atom. The average molecular weight is 366 g/mol. The minimum atomic E-state index is -0.384. The third kappa shape index (κ3) is 4.13. The Bertz CT molecular complexity index is 805. The molecule has 0 saturated heterocycles. The third-order valence-electron chi connectivity index (χ3n) is 2.88. The molecule has 1 atom stereocenters. The van der Waals surface area contributed by atoms with Crippen molar-refractivity contribution >= 4 is 46.3 Å². The van der Waals surface area contributed by atoms with E-state index in [1.807, 2.05) is 17.5 Å². The molecule has 0 bridgehead atoms. The van der Waals surface area contributed by atoms with Gasteiger partial charge in [-0.3, -0.25) is 4.79 Å². The second kappa shape index (κ2) is 7.16. The number of thiophene rings is 1. The topological polar surface area (TPSA) is 68.0 Å². The molecule has 8 heteroatoms. The number of thioether (sulfide) groups is 1. The minimum Gasteiger partial charge on any atom is -0.410 e. The number of rotatable bonds is 5. The van der Waals surface area contributed by atoms with Gasteiger partial charge in [0.1, 0.15) is 0 Å². The first kappa shape index (κ1) is 16.0. The Morgan fingerprint density at radius 2 is 2.22 bits per heavy atom. The summed E-state index contributed by atoms with van der Waals surface area (Å²) in [7, 11) is 0. The monoisotopic (exact) mass is 365 g/mol. The highest BCUT2D eigenvalue weighted by atomic mass is 35.5. The molecular formula is C15H12ClN3O2S2. The van der Waals surface area contributed by atoms with Crippen LogP contribution in [0.5, 0.6) is 0 Å². The fourth-order valence-corrected chi connectivity index (χ4v) is 3.29. The second-order valence-electron chi connectivity index (χ2n) is 4.61. The van der Waals surface area contributed by atoms with E-state index in [2.05, 4.69) is 15.5 Å². The number of hydrogen-bond donors (Lipinski definition) is 1. The van der Waals surface area contributed by atoms with Gasteiger partial charge in [-0.15, -0.1) is 21.5 Å². The number of amides is 1. The second-order valence-corrected chi connectivity index (χ2v) is 7.29. The van der Waals surface area contributed by atoms with E-state index in [-0.39, 0.29) is 11.2 Å². The Hall–Kier alpha value is -1.83. The Labute approximate surface area is 146 Å². The number of hydrogen-bond acceptors (Lipinski definition) is 6. The van der Waals surface area contributed by atoms with Crippen LogP contribution < -0.4 is 5.32 Å². The number of benzene rings is 1. The number of carbonyl (C=O) groups excluding carboxylic acids is 1. The molecule has 0 aliphatic rings. The quantitative estimate of drug-likeness (QED) is 0.671. The van der Waals surface area contributed by atoms with Crippen molar-refractivity contribution < 1.29 is 9.21 Å². The molecule has 0 aliphatic heterocycles. The summed E-state index contributed by atoms with van der Waals surface area (Å²) in [4.78, 5) is 13.1. The van der Waals surface area contributed by atoms with Gasteiger partial charge in [-0.2, -0.15) is 0 Å². The molecule has 0 fully saturated rings. The van der Waals surface area contributed by atoms with Crippen LogP contribution in [0.2, 0.25) is 5.02 Å². The standard InChI is InChI=1S/C15H12ClN3O2S2/c1-9(13(20)17-11-5-2-4-10(16)8-11)23-15-19-18-14(21-15)12-6-3-7-22-12/h2-9H,1H3,(H,17,20)/t9-/m1/s1. The highest BCUT2D eigenvalue weighted by Gasteiger charge is 2.19. The van der Waals surface area contributed by atoms with Crippen LogP contribution in [-0.2, 0) is 4.79 Å². The molecular weight excluding hydrogens is 354 g/mol. The number of nitrogens with one attached hydrogen (secondary N) is 1. The zero-order chi connectivity index (χ0) is 16.2. The molecule has 0 unspecified atom stereocenters. The van der Waals surface area contributed by atoms with E-state index >= 15 is 0 Å². The van der Waals surface area contributed by atoms with Crippen LogP contribution in [0.1, 0.15) is 6.92 Å². The van der Waals surface area contributed by atoms with E-state index in [4.69, 9.17) is 16.0 Å². The first-order chi connectivity index (χ1) is 11.1.